The van der Waals surface area contributed by atoms with E-state index in [9.17, 15) is 26.3 Å². The third kappa shape index (κ3) is 19.3. The zero-order valence-electron chi connectivity index (χ0n) is 17.6. The molecule has 0 radical (unpaired) electrons. The van der Waals surface area contributed by atoms with E-state index < -0.39 is 31.3 Å². The molecule has 2 rings (SSSR count). The van der Waals surface area contributed by atoms with Gasteiger partial charge in [-0.15, -0.1) is 12.8 Å². The van der Waals surface area contributed by atoms with Crippen LogP contribution in [0.4, 0.5) is 26.3 Å². The van der Waals surface area contributed by atoms with E-state index in [1.807, 2.05) is 0 Å². The first-order valence-electron chi connectivity index (χ1n) is 8.93. The van der Waals surface area contributed by atoms with Crippen LogP contribution >= 0.6 is 0 Å². The number of hydrogen-bond acceptors (Lipinski definition) is 6. The quantitative estimate of drug-likeness (QED) is 0.192. The topological polar surface area (TPSA) is 114 Å². The molecule has 0 atom stereocenters. The predicted molar refractivity (Wildman–Crippen MR) is 102 cm³/mol. The molecule has 0 aromatic heterocycles. The smallest absolute Gasteiger partial charge is 0.741 e. The average molecular weight is 604 g/mol. The number of halogens is 6. The Labute approximate surface area is 209 Å². The molecule has 0 saturated heterocycles. The van der Waals surface area contributed by atoms with Gasteiger partial charge in [-0.3, -0.25) is 12.2 Å². The molecule has 0 bridgehead atoms. The molecule has 0 fully saturated rings. The van der Waals surface area contributed by atoms with Crippen molar-refractivity contribution in [1.82, 2.24) is 0 Å². The second kappa shape index (κ2) is 16.8. The summed E-state index contributed by atoms with van der Waals surface area (Å²) in [5.41, 5.74) is -8.50. The molecule has 2 aliphatic rings. The second-order valence-electron chi connectivity index (χ2n) is 5.92. The van der Waals surface area contributed by atoms with Crippen molar-refractivity contribution in [3.05, 3.63) is 47.6 Å². The Bertz CT molecular complexity index is 812. The van der Waals surface area contributed by atoms with Crippen molar-refractivity contribution in [1.29, 1.82) is 0 Å². The summed E-state index contributed by atoms with van der Waals surface area (Å²) in [6.07, 6.45) is 22.2. The Kier molecular flexibility index (Phi) is 18.7. The fourth-order valence-electron chi connectivity index (χ4n) is 1.78. The summed E-state index contributed by atoms with van der Waals surface area (Å²) in [7, 11) is -12.2. The first kappa shape index (κ1) is 36.8. The summed E-state index contributed by atoms with van der Waals surface area (Å²) in [6, 6.07) is 0. The first-order valence-corrected chi connectivity index (χ1v) is 11.7. The van der Waals surface area contributed by atoms with Crippen LogP contribution in [0.15, 0.2) is 35.5 Å². The minimum atomic E-state index is -6.09. The van der Waals surface area contributed by atoms with Gasteiger partial charge in [0.15, 0.2) is 20.2 Å². The van der Waals surface area contributed by atoms with Crippen molar-refractivity contribution >= 4 is 20.2 Å². The van der Waals surface area contributed by atoms with Crippen LogP contribution in [0.3, 0.4) is 0 Å². The summed E-state index contributed by atoms with van der Waals surface area (Å²) in [6.45, 7) is 4.39. The van der Waals surface area contributed by atoms with E-state index in [1.54, 1.807) is 0 Å². The fourth-order valence-corrected chi connectivity index (χ4v) is 1.78. The zero-order chi connectivity index (χ0) is 25.6. The molecule has 15 heteroatoms. The molecule has 0 unspecified atom stereocenters. The second-order valence-corrected chi connectivity index (χ2v) is 8.66. The van der Waals surface area contributed by atoms with Crippen molar-refractivity contribution in [3.8, 4) is 0 Å². The Morgan fingerprint density at radius 2 is 1.00 bits per heavy atom. The number of hydrogen-bond donors (Lipinski definition) is 0. The van der Waals surface area contributed by atoms with Gasteiger partial charge >= 0.3 is 37.2 Å². The van der Waals surface area contributed by atoms with Crippen LogP contribution in [0, 0.1) is 12.2 Å². The minimum Gasteiger partial charge on any atom is -0.741 e. The molecule has 0 aromatic rings. The van der Waals surface area contributed by atoms with Gasteiger partial charge in [0.05, 0.1) is 0 Å². The summed E-state index contributed by atoms with van der Waals surface area (Å²) in [5, 5.41) is 0. The van der Waals surface area contributed by atoms with Crippen LogP contribution in [-0.4, -0.2) is 37.0 Å². The van der Waals surface area contributed by atoms with Gasteiger partial charge in [0.2, 0.25) is 0 Å². The van der Waals surface area contributed by atoms with Crippen molar-refractivity contribution in [2.75, 3.05) is 0 Å². The molecule has 0 spiro atoms. The van der Waals surface area contributed by atoms with Crippen molar-refractivity contribution in [3.63, 3.8) is 0 Å². The molecule has 0 aromatic carbocycles. The molecule has 0 N–H and O–H groups in total. The zero-order valence-corrected chi connectivity index (χ0v) is 21.7. The third-order valence-corrected chi connectivity index (χ3v) is 4.27. The van der Waals surface area contributed by atoms with E-state index in [-0.39, 0.29) is 26.2 Å². The molecule has 2 aliphatic carbocycles. The van der Waals surface area contributed by atoms with Crippen LogP contribution < -0.4 is 0 Å². The molecule has 0 amide bonds. The molecule has 0 aliphatic heterocycles. The molecule has 33 heavy (non-hydrogen) atoms. The van der Waals surface area contributed by atoms with Gasteiger partial charge in [0, 0.05) is 0 Å². The van der Waals surface area contributed by atoms with Crippen LogP contribution in [0.2, 0.25) is 0 Å². The molecule has 0 saturated carbocycles. The molecular weight excluding hydrogens is 582 g/mol. The van der Waals surface area contributed by atoms with Crippen LogP contribution in [0.5, 0.6) is 0 Å². The number of rotatable bonds is 4. The normalized spacial score (nSPS) is 15.0. The molecule has 0 heterocycles. The Balaban J connectivity index is -0.000000360. The van der Waals surface area contributed by atoms with E-state index in [0.29, 0.717) is 0 Å². The Morgan fingerprint density at radius 3 is 1.12 bits per heavy atom. The monoisotopic (exact) mass is 602 g/mol. The summed E-state index contributed by atoms with van der Waals surface area (Å²) in [4.78, 5) is 0. The Morgan fingerprint density at radius 1 is 0.758 bits per heavy atom. The van der Waals surface area contributed by atoms with Gasteiger partial charge in [0.1, 0.15) is 0 Å². The molecular formula is C18H22F6O6S2Zr. The van der Waals surface area contributed by atoms with Gasteiger partial charge in [0.25, 0.3) is 0 Å². The first-order chi connectivity index (χ1) is 14.4. The van der Waals surface area contributed by atoms with Crippen LogP contribution in [0.1, 0.15) is 52.4 Å². The summed E-state index contributed by atoms with van der Waals surface area (Å²) in [5.74, 6) is 0. The van der Waals surface area contributed by atoms with Crippen LogP contribution in [-0.2, 0) is 46.4 Å². The summed E-state index contributed by atoms with van der Waals surface area (Å²) >= 11 is 0. The maximum Gasteiger partial charge on any atom is 4.00 e. The van der Waals surface area contributed by atoms with E-state index in [4.69, 9.17) is 25.9 Å². The van der Waals surface area contributed by atoms with Gasteiger partial charge in [-0.1, -0.05) is 39.5 Å². The third-order valence-electron chi connectivity index (χ3n) is 3.14. The minimum absolute atomic E-state index is 0. The molecule has 188 valence electrons. The average Bonchev–Trinajstić information content (AvgIpc) is 3.27. The van der Waals surface area contributed by atoms with Gasteiger partial charge in [-0.25, -0.2) is 40.1 Å². The van der Waals surface area contributed by atoms with Gasteiger partial charge in [-0.2, -0.15) is 38.5 Å². The Hall–Kier alpha value is -0.757. The standard InChI is InChI=1S/2C8H11.2CHF3O3S.Zr/c2*1-2-5-8-6-3-4-7-8;2*2-1(3,4)8(5,6)7;/h2*3,6H,2,4-5H2,1H3;2*(H,5,6,7);/q2*-1;;;+4/p-2. The van der Waals surface area contributed by atoms with Crippen molar-refractivity contribution in [2.24, 2.45) is 0 Å². The van der Waals surface area contributed by atoms with E-state index in [1.165, 1.54) is 36.8 Å². The SMILES string of the molecule is CCCC1=[C-]CC=C1.CCCC1=[C-]CC=C1.O=S(=O)([O-])C(F)(F)F.O=S(=O)([O-])C(F)(F)F.[Zr+4]. The summed E-state index contributed by atoms with van der Waals surface area (Å²) < 4.78 is 118. The van der Waals surface area contributed by atoms with E-state index >= 15 is 0 Å². The van der Waals surface area contributed by atoms with Gasteiger partial charge < -0.3 is 9.11 Å². The van der Waals surface area contributed by atoms with Crippen LogP contribution in [0.25, 0.3) is 0 Å². The number of alkyl halides is 6. The van der Waals surface area contributed by atoms with Crippen molar-refractivity contribution < 1.29 is 78.5 Å². The number of allylic oxidation sites excluding steroid dienone is 8. The maximum absolute atomic E-state index is 10.7. The maximum atomic E-state index is 10.7. The largest absolute Gasteiger partial charge is 4.00 e. The molecule has 6 nitrogen and oxygen atoms in total. The predicted octanol–water partition coefficient (Wildman–Crippen LogP) is 5.05. The van der Waals surface area contributed by atoms with E-state index in [0.717, 1.165) is 12.8 Å². The fraction of sp³-hybridized carbons (Fsp3) is 0.556. The van der Waals surface area contributed by atoms with Gasteiger partial charge in [-0.05, 0) is 0 Å². The van der Waals surface area contributed by atoms with E-state index in [2.05, 4.69) is 50.3 Å². The van der Waals surface area contributed by atoms with Crippen molar-refractivity contribution in [2.45, 2.75) is 63.4 Å².